The molecule has 4 nitrogen and oxygen atoms in total. The SMILES string of the molecule is CCN(C(C)C)S(=O)(=O)c1cc(CNC2CC2)sc1Br. The van der Waals surface area contributed by atoms with Crippen molar-refractivity contribution in [2.24, 2.45) is 0 Å². The first-order valence-corrected chi connectivity index (χ1v) is 9.94. The maximum Gasteiger partial charge on any atom is 0.245 e. The Labute approximate surface area is 133 Å². The maximum atomic E-state index is 12.7. The third-order valence-electron chi connectivity index (χ3n) is 3.32. The molecule has 1 heterocycles. The topological polar surface area (TPSA) is 49.4 Å². The van der Waals surface area contributed by atoms with Crippen molar-refractivity contribution in [1.29, 1.82) is 0 Å². The second kappa shape index (κ2) is 6.44. The summed E-state index contributed by atoms with van der Waals surface area (Å²) in [7, 11) is -3.41. The van der Waals surface area contributed by atoms with Gasteiger partial charge >= 0.3 is 0 Å². The predicted octanol–water partition coefficient (Wildman–Crippen LogP) is 3.18. The monoisotopic (exact) mass is 380 g/mol. The van der Waals surface area contributed by atoms with Crippen LogP contribution in [0.5, 0.6) is 0 Å². The highest BCUT2D eigenvalue weighted by Crippen LogP contribution is 2.34. The fourth-order valence-corrected chi connectivity index (χ4v) is 6.36. The minimum Gasteiger partial charge on any atom is -0.309 e. The predicted molar refractivity (Wildman–Crippen MR) is 86.6 cm³/mol. The third-order valence-corrected chi connectivity index (χ3v) is 7.73. The van der Waals surface area contributed by atoms with Crippen LogP contribution in [0.4, 0.5) is 0 Å². The molecule has 1 N–H and O–H groups in total. The summed E-state index contributed by atoms with van der Waals surface area (Å²) in [4.78, 5) is 1.45. The number of nitrogens with zero attached hydrogens (tertiary/aromatic N) is 1. The van der Waals surface area contributed by atoms with Crippen LogP contribution in [0, 0.1) is 0 Å². The van der Waals surface area contributed by atoms with Gasteiger partial charge in [-0.1, -0.05) is 6.92 Å². The van der Waals surface area contributed by atoms with Gasteiger partial charge in [-0.25, -0.2) is 8.42 Å². The van der Waals surface area contributed by atoms with Crippen molar-refractivity contribution in [2.75, 3.05) is 6.54 Å². The normalized spacial score (nSPS) is 16.3. The van der Waals surface area contributed by atoms with E-state index in [0.29, 0.717) is 21.3 Å². The number of rotatable bonds is 7. The molecule has 1 aromatic heterocycles. The number of thiophene rings is 1. The fourth-order valence-electron chi connectivity index (χ4n) is 2.13. The molecule has 1 aliphatic rings. The summed E-state index contributed by atoms with van der Waals surface area (Å²) in [5, 5.41) is 3.41. The molecule has 0 saturated heterocycles. The van der Waals surface area contributed by atoms with E-state index in [4.69, 9.17) is 0 Å². The molecule has 7 heteroatoms. The molecule has 0 unspecified atom stereocenters. The molecule has 1 aliphatic carbocycles. The van der Waals surface area contributed by atoms with Crippen LogP contribution in [0.3, 0.4) is 0 Å². The van der Waals surface area contributed by atoms with E-state index >= 15 is 0 Å². The van der Waals surface area contributed by atoms with Crippen LogP contribution in [0.15, 0.2) is 14.7 Å². The van der Waals surface area contributed by atoms with Gasteiger partial charge in [0, 0.05) is 30.1 Å². The van der Waals surface area contributed by atoms with Crippen LogP contribution >= 0.6 is 27.3 Å². The lowest BCUT2D eigenvalue weighted by atomic mass is 10.4. The van der Waals surface area contributed by atoms with E-state index < -0.39 is 10.0 Å². The Morgan fingerprint density at radius 2 is 2.15 bits per heavy atom. The smallest absolute Gasteiger partial charge is 0.245 e. The van der Waals surface area contributed by atoms with Gasteiger partial charge in [0.2, 0.25) is 10.0 Å². The average molecular weight is 381 g/mol. The molecule has 114 valence electrons. The van der Waals surface area contributed by atoms with Crippen LogP contribution in [0.25, 0.3) is 0 Å². The molecule has 0 atom stereocenters. The zero-order valence-electron chi connectivity index (χ0n) is 12.0. The zero-order valence-corrected chi connectivity index (χ0v) is 15.2. The van der Waals surface area contributed by atoms with Crippen molar-refractivity contribution < 1.29 is 8.42 Å². The van der Waals surface area contributed by atoms with E-state index in [9.17, 15) is 8.42 Å². The largest absolute Gasteiger partial charge is 0.309 e. The van der Waals surface area contributed by atoms with Crippen LogP contribution in [-0.2, 0) is 16.6 Å². The Morgan fingerprint density at radius 3 is 2.65 bits per heavy atom. The second-order valence-electron chi connectivity index (χ2n) is 5.31. The minimum absolute atomic E-state index is 0.0372. The lowest BCUT2D eigenvalue weighted by Gasteiger charge is -2.23. The Bertz CT molecular complexity index is 565. The minimum atomic E-state index is -3.41. The molecule has 1 saturated carbocycles. The van der Waals surface area contributed by atoms with Crippen molar-refractivity contribution in [3.8, 4) is 0 Å². The number of hydrogen-bond donors (Lipinski definition) is 1. The highest BCUT2D eigenvalue weighted by Gasteiger charge is 2.29. The Kier molecular flexibility index (Phi) is 5.29. The first kappa shape index (κ1) is 16.4. The van der Waals surface area contributed by atoms with Gasteiger partial charge in [0.25, 0.3) is 0 Å². The molecular formula is C13H21BrN2O2S2. The van der Waals surface area contributed by atoms with Gasteiger partial charge in [0.05, 0.1) is 3.79 Å². The van der Waals surface area contributed by atoms with Crippen molar-refractivity contribution >= 4 is 37.3 Å². The van der Waals surface area contributed by atoms with E-state index in [1.165, 1.54) is 28.5 Å². The van der Waals surface area contributed by atoms with Crippen molar-refractivity contribution in [1.82, 2.24) is 9.62 Å². The number of nitrogens with one attached hydrogen (secondary N) is 1. The molecule has 2 rings (SSSR count). The zero-order chi connectivity index (χ0) is 14.9. The van der Waals surface area contributed by atoms with Gasteiger partial charge in [-0.05, 0) is 48.7 Å². The van der Waals surface area contributed by atoms with Crippen LogP contribution < -0.4 is 5.32 Å². The molecule has 1 aromatic rings. The van der Waals surface area contributed by atoms with Crippen molar-refractivity contribution in [2.45, 2.75) is 57.1 Å². The summed E-state index contributed by atoms with van der Waals surface area (Å²) >= 11 is 4.91. The molecule has 0 aliphatic heterocycles. The second-order valence-corrected chi connectivity index (χ2v) is 9.62. The van der Waals surface area contributed by atoms with Gasteiger partial charge in [-0.15, -0.1) is 11.3 Å². The summed E-state index contributed by atoms with van der Waals surface area (Å²) in [6, 6.07) is 2.38. The maximum absolute atomic E-state index is 12.7. The van der Waals surface area contributed by atoms with Gasteiger partial charge < -0.3 is 5.32 Å². The van der Waals surface area contributed by atoms with E-state index in [0.717, 1.165) is 11.4 Å². The Morgan fingerprint density at radius 1 is 1.50 bits per heavy atom. The van der Waals surface area contributed by atoms with Gasteiger partial charge in [-0.2, -0.15) is 4.31 Å². The molecular weight excluding hydrogens is 360 g/mol. The molecule has 20 heavy (non-hydrogen) atoms. The first-order chi connectivity index (χ1) is 9.36. The van der Waals surface area contributed by atoms with Gasteiger partial charge in [0.1, 0.15) is 4.90 Å². The number of sulfonamides is 1. The molecule has 0 aromatic carbocycles. The standard InChI is InChI=1S/C13H21BrN2O2S2/c1-4-16(9(2)3)20(17,18)12-7-11(19-13(12)14)8-15-10-5-6-10/h7,9-10,15H,4-6,8H2,1-3H3. The summed E-state index contributed by atoms with van der Waals surface area (Å²) in [5.41, 5.74) is 0. The summed E-state index contributed by atoms with van der Waals surface area (Å²) in [5.74, 6) is 0. The third kappa shape index (κ3) is 3.62. The first-order valence-electron chi connectivity index (χ1n) is 6.89. The highest BCUT2D eigenvalue weighted by atomic mass is 79.9. The van der Waals surface area contributed by atoms with Crippen molar-refractivity contribution in [3.63, 3.8) is 0 Å². The summed E-state index contributed by atoms with van der Waals surface area (Å²) < 4.78 is 27.6. The fraction of sp³-hybridized carbons (Fsp3) is 0.692. The van der Waals surface area contributed by atoms with E-state index in [2.05, 4.69) is 21.2 Å². The molecule has 0 spiro atoms. The lowest BCUT2D eigenvalue weighted by Crippen LogP contribution is -2.36. The van der Waals surface area contributed by atoms with Crippen LogP contribution in [0.2, 0.25) is 0 Å². The van der Waals surface area contributed by atoms with Gasteiger partial charge in [0.15, 0.2) is 0 Å². The van der Waals surface area contributed by atoms with Crippen LogP contribution in [0.1, 0.15) is 38.5 Å². The Balaban J connectivity index is 2.21. The Hall–Kier alpha value is 0.0500. The highest BCUT2D eigenvalue weighted by molar-refractivity contribution is 9.11. The molecule has 0 bridgehead atoms. The van der Waals surface area contributed by atoms with Gasteiger partial charge in [-0.3, -0.25) is 0 Å². The molecule has 1 fully saturated rings. The lowest BCUT2D eigenvalue weighted by molar-refractivity contribution is 0.369. The van der Waals surface area contributed by atoms with Crippen LogP contribution in [-0.4, -0.2) is 31.4 Å². The molecule has 0 radical (unpaired) electrons. The van der Waals surface area contributed by atoms with E-state index in [1.807, 2.05) is 20.8 Å². The quantitative estimate of drug-likeness (QED) is 0.789. The number of hydrogen-bond acceptors (Lipinski definition) is 4. The summed E-state index contributed by atoms with van der Waals surface area (Å²) in [6.07, 6.45) is 2.46. The van der Waals surface area contributed by atoms with E-state index in [1.54, 1.807) is 6.07 Å². The van der Waals surface area contributed by atoms with E-state index in [-0.39, 0.29) is 6.04 Å². The van der Waals surface area contributed by atoms with Crippen molar-refractivity contribution in [3.05, 3.63) is 14.7 Å². The average Bonchev–Trinajstić information content (AvgIpc) is 3.09. The number of halogens is 1. The summed E-state index contributed by atoms with van der Waals surface area (Å²) in [6.45, 7) is 6.90. The molecule has 0 amide bonds.